The molecule has 0 atom stereocenters. The second-order valence-electron chi connectivity index (χ2n) is 4.67. The van der Waals surface area contributed by atoms with Crippen molar-refractivity contribution in [1.29, 1.82) is 0 Å². The molecule has 0 saturated carbocycles. The van der Waals surface area contributed by atoms with Crippen molar-refractivity contribution in [2.45, 2.75) is 13.5 Å². The molecule has 0 aliphatic carbocycles. The van der Waals surface area contributed by atoms with Crippen molar-refractivity contribution in [3.8, 4) is 0 Å². The quantitative estimate of drug-likeness (QED) is 0.800. The Hall–Kier alpha value is -2.69. The molecule has 1 N–H and O–H groups in total. The monoisotopic (exact) mass is 283 g/mol. The molecule has 0 saturated heterocycles. The van der Waals surface area contributed by atoms with Crippen molar-refractivity contribution in [3.05, 3.63) is 60.2 Å². The third kappa shape index (κ3) is 2.50. The van der Waals surface area contributed by atoms with E-state index < -0.39 is 0 Å². The normalized spacial score (nSPS) is 10.8. The first kappa shape index (κ1) is 13.3. The summed E-state index contributed by atoms with van der Waals surface area (Å²) in [6, 6.07) is 9.48. The zero-order valence-corrected chi connectivity index (χ0v) is 11.5. The van der Waals surface area contributed by atoms with E-state index in [1.807, 2.05) is 17.6 Å². The van der Waals surface area contributed by atoms with E-state index in [9.17, 15) is 9.18 Å². The number of nitrogens with one attached hydrogen (secondary N) is 1. The molecule has 0 unspecified atom stereocenters. The van der Waals surface area contributed by atoms with Crippen molar-refractivity contribution in [3.63, 3.8) is 0 Å². The van der Waals surface area contributed by atoms with Gasteiger partial charge in [-0.1, -0.05) is 6.07 Å². The lowest BCUT2D eigenvalue weighted by molar-refractivity contribution is 0.102. The minimum atomic E-state index is -0.384. The van der Waals surface area contributed by atoms with Crippen LogP contribution in [0.15, 0.2) is 48.8 Å². The topological polar surface area (TPSA) is 46.9 Å². The fraction of sp³-hybridized carbons (Fsp3) is 0.125. The van der Waals surface area contributed by atoms with Crippen molar-refractivity contribution in [2.24, 2.45) is 0 Å². The second kappa shape index (κ2) is 5.36. The van der Waals surface area contributed by atoms with E-state index in [0.717, 1.165) is 17.6 Å². The summed E-state index contributed by atoms with van der Waals surface area (Å²) in [6.45, 7) is 2.71. The second-order valence-corrected chi connectivity index (χ2v) is 4.67. The van der Waals surface area contributed by atoms with E-state index in [4.69, 9.17) is 0 Å². The van der Waals surface area contributed by atoms with Gasteiger partial charge in [0.1, 0.15) is 11.5 Å². The Kier molecular flexibility index (Phi) is 3.39. The fourth-order valence-electron chi connectivity index (χ4n) is 2.31. The Balaban J connectivity index is 1.98. The molecule has 0 fully saturated rings. The fourth-order valence-corrected chi connectivity index (χ4v) is 2.31. The highest BCUT2D eigenvalue weighted by Crippen LogP contribution is 2.21. The molecule has 0 aliphatic heterocycles. The van der Waals surface area contributed by atoms with E-state index in [2.05, 4.69) is 10.3 Å². The number of anilines is 1. The van der Waals surface area contributed by atoms with Gasteiger partial charge in [0.2, 0.25) is 0 Å². The van der Waals surface area contributed by atoms with E-state index in [-0.39, 0.29) is 11.7 Å². The first-order valence-electron chi connectivity index (χ1n) is 6.70. The highest BCUT2D eigenvalue weighted by atomic mass is 19.1. The van der Waals surface area contributed by atoms with Crippen LogP contribution in [0, 0.1) is 5.82 Å². The Morgan fingerprint density at radius 1 is 1.33 bits per heavy atom. The van der Waals surface area contributed by atoms with Gasteiger partial charge in [-0.2, -0.15) is 0 Å². The smallest absolute Gasteiger partial charge is 0.257 e. The van der Waals surface area contributed by atoms with Gasteiger partial charge in [-0.25, -0.2) is 9.37 Å². The van der Waals surface area contributed by atoms with Crippen LogP contribution in [0.2, 0.25) is 0 Å². The summed E-state index contributed by atoms with van der Waals surface area (Å²) in [5.41, 5.74) is 1.73. The lowest BCUT2D eigenvalue weighted by atomic mass is 10.2. The number of nitrogens with zero attached hydrogens (tertiary/aromatic N) is 2. The number of fused-ring (bicyclic) bond motifs is 1. The number of benzene rings is 1. The van der Waals surface area contributed by atoms with Gasteiger partial charge >= 0.3 is 0 Å². The maximum atomic E-state index is 13.2. The van der Waals surface area contributed by atoms with Gasteiger partial charge in [-0.3, -0.25) is 4.79 Å². The van der Waals surface area contributed by atoms with Crippen LogP contribution >= 0.6 is 0 Å². The molecule has 0 radical (unpaired) electrons. The number of hydrogen-bond donors (Lipinski definition) is 1. The largest absolute Gasteiger partial charge is 0.332 e. The van der Waals surface area contributed by atoms with Crippen molar-refractivity contribution < 1.29 is 9.18 Å². The Labute approximate surface area is 121 Å². The van der Waals surface area contributed by atoms with Crippen LogP contribution in [0.4, 0.5) is 10.1 Å². The SMILES string of the molecule is CCn1cc(C(=O)Nc2cccc(F)c2)c2cccnc21. The summed E-state index contributed by atoms with van der Waals surface area (Å²) in [5, 5.41) is 3.49. The van der Waals surface area contributed by atoms with E-state index >= 15 is 0 Å². The average molecular weight is 283 g/mol. The third-order valence-electron chi connectivity index (χ3n) is 3.30. The number of amides is 1. The number of aromatic nitrogens is 2. The van der Waals surface area contributed by atoms with Gasteiger partial charge in [0.15, 0.2) is 0 Å². The molecule has 0 bridgehead atoms. The molecule has 21 heavy (non-hydrogen) atoms. The van der Waals surface area contributed by atoms with Gasteiger partial charge in [-0.05, 0) is 37.3 Å². The number of hydrogen-bond acceptors (Lipinski definition) is 2. The molecule has 3 rings (SSSR count). The minimum absolute atomic E-state index is 0.272. The number of aryl methyl sites for hydroxylation is 1. The molecule has 1 amide bonds. The van der Waals surface area contributed by atoms with Gasteiger partial charge in [0, 0.05) is 30.0 Å². The van der Waals surface area contributed by atoms with Crippen LogP contribution < -0.4 is 5.32 Å². The zero-order chi connectivity index (χ0) is 14.8. The zero-order valence-electron chi connectivity index (χ0n) is 11.5. The average Bonchev–Trinajstić information content (AvgIpc) is 2.86. The lowest BCUT2D eigenvalue weighted by Gasteiger charge is -2.04. The third-order valence-corrected chi connectivity index (χ3v) is 3.30. The number of pyridine rings is 1. The molecule has 5 heteroatoms. The van der Waals surface area contributed by atoms with Crippen molar-refractivity contribution in [1.82, 2.24) is 9.55 Å². The molecule has 106 valence electrons. The molecule has 2 heterocycles. The summed E-state index contributed by atoms with van der Waals surface area (Å²) >= 11 is 0. The Bertz CT molecular complexity index is 810. The number of rotatable bonds is 3. The Morgan fingerprint density at radius 3 is 2.95 bits per heavy atom. The van der Waals surface area contributed by atoms with Gasteiger partial charge in [0.25, 0.3) is 5.91 Å². The highest BCUT2D eigenvalue weighted by molar-refractivity contribution is 6.12. The molecule has 3 aromatic rings. The summed E-state index contributed by atoms with van der Waals surface area (Å²) < 4.78 is 15.1. The van der Waals surface area contributed by atoms with Crippen molar-refractivity contribution >= 4 is 22.6 Å². The van der Waals surface area contributed by atoms with Crippen LogP contribution in [0.25, 0.3) is 11.0 Å². The lowest BCUT2D eigenvalue weighted by Crippen LogP contribution is -2.11. The summed E-state index contributed by atoms with van der Waals surface area (Å²) in [7, 11) is 0. The summed E-state index contributed by atoms with van der Waals surface area (Å²) in [4.78, 5) is 16.7. The van der Waals surface area contributed by atoms with Crippen LogP contribution in [0.1, 0.15) is 17.3 Å². The number of carbonyl (C=O) groups is 1. The van der Waals surface area contributed by atoms with Gasteiger partial charge in [0.05, 0.1) is 5.56 Å². The van der Waals surface area contributed by atoms with Gasteiger partial charge in [-0.15, -0.1) is 0 Å². The molecular formula is C16H14FN3O. The van der Waals surface area contributed by atoms with E-state index in [1.165, 1.54) is 12.1 Å². The van der Waals surface area contributed by atoms with Crippen LogP contribution in [0.5, 0.6) is 0 Å². The summed E-state index contributed by atoms with van der Waals surface area (Å²) in [6.07, 6.45) is 3.47. The van der Waals surface area contributed by atoms with Crippen molar-refractivity contribution in [2.75, 3.05) is 5.32 Å². The van der Waals surface area contributed by atoms with Crippen LogP contribution in [-0.2, 0) is 6.54 Å². The summed E-state index contributed by atoms with van der Waals surface area (Å²) in [5.74, 6) is -0.656. The minimum Gasteiger partial charge on any atom is -0.332 e. The maximum Gasteiger partial charge on any atom is 0.257 e. The Morgan fingerprint density at radius 2 is 2.19 bits per heavy atom. The molecule has 2 aromatic heterocycles. The number of halogens is 1. The maximum absolute atomic E-state index is 13.2. The van der Waals surface area contributed by atoms with Crippen LogP contribution in [0.3, 0.4) is 0 Å². The predicted octanol–water partition coefficient (Wildman–Crippen LogP) is 3.45. The predicted molar refractivity (Wildman–Crippen MR) is 79.8 cm³/mol. The van der Waals surface area contributed by atoms with Gasteiger partial charge < -0.3 is 9.88 Å². The molecule has 4 nitrogen and oxygen atoms in total. The standard InChI is InChI=1S/C16H14FN3O/c1-2-20-10-14(13-7-4-8-18-15(13)20)16(21)19-12-6-3-5-11(17)9-12/h3-10H,2H2,1H3,(H,19,21). The highest BCUT2D eigenvalue weighted by Gasteiger charge is 2.15. The van der Waals surface area contributed by atoms with Crippen LogP contribution in [-0.4, -0.2) is 15.5 Å². The van der Waals surface area contributed by atoms with E-state index in [1.54, 1.807) is 30.6 Å². The molecule has 0 spiro atoms. The molecule has 0 aliphatic rings. The first-order valence-corrected chi connectivity index (χ1v) is 6.70. The molecule has 1 aromatic carbocycles. The first-order chi connectivity index (χ1) is 10.2. The van der Waals surface area contributed by atoms with E-state index in [0.29, 0.717) is 11.3 Å². The molecular weight excluding hydrogens is 269 g/mol. The number of carbonyl (C=O) groups excluding carboxylic acids is 1.